The van der Waals surface area contributed by atoms with Crippen LogP contribution in [0.15, 0.2) is 102 Å². The zero-order valence-electron chi connectivity index (χ0n) is 22.5. The van der Waals surface area contributed by atoms with Gasteiger partial charge in [-0.1, -0.05) is 115 Å². The molecule has 1 fully saturated rings. The zero-order chi connectivity index (χ0) is 28.3. The Balaban J connectivity index is 1.66. The van der Waals surface area contributed by atoms with Crippen LogP contribution in [0, 0.1) is 11.6 Å². The molecule has 5 rings (SSSR count). The van der Waals surface area contributed by atoms with Crippen molar-refractivity contribution >= 4 is 24.0 Å². The summed E-state index contributed by atoms with van der Waals surface area (Å²) in [5.41, 5.74) is 3.33. The first kappa shape index (κ1) is 28.5. The number of H-pyrrole nitrogens is 1. The van der Waals surface area contributed by atoms with Gasteiger partial charge >= 0.3 is 5.69 Å². The average Bonchev–Trinajstić information content (AvgIpc) is 3.39. The van der Waals surface area contributed by atoms with Crippen LogP contribution in [0.3, 0.4) is 0 Å². The third kappa shape index (κ3) is 5.09. The summed E-state index contributed by atoms with van der Waals surface area (Å²) in [7, 11) is 3.09. The number of aromatic nitrogens is 2. The third-order valence-electron chi connectivity index (χ3n) is 7.31. The van der Waals surface area contributed by atoms with Gasteiger partial charge in [-0.15, -0.1) is 0 Å². The number of aliphatic hydroxyl groups is 1. The van der Waals surface area contributed by atoms with E-state index in [2.05, 4.69) is 41.4 Å². The molecule has 1 aliphatic rings. The number of benzene rings is 3. The Hall–Kier alpha value is -3.05. The molecule has 0 bridgehead atoms. The molecule has 7 nitrogen and oxygen atoms in total. The minimum atomic E-state index is -1.48. The molecule has 208 valence electrons. The van der Waals surface area contributed by atoms with E-state index in [1.54, 1.807) is 20.4 Å². The Morgan fingerprint density at radius 1 is 0.925 bits per heavy atom. The van der Waals surface area contributed by atoms with E-state index >= 15 is 0 Å². The lowest BCUT2D eigenvalue weighted by molar-refractivity contribution is -0.223. The van der Waals surface area contributed by atoms with Crippen LogP contribution in [0.2, 0.25) is 0 Å². The number of nitrogens with one attached hydrogen (secondary N) is 1. The average molecular weight is 577 g/mol. The van der Waals surface area contributed by atoms with Crippen LogP contribution < -0.4 is 5.69 Å². The minimum absolute atomic E-state index is 0.165. The van der Waals surface area contributed by atoms with Crippen LogP contribution in [-0.2, 0) is 19.0 Å². The standard InChI is InChI=1S/C31H32N2O5S2/c1-21-20-33(29(35)32-28(21)39)26-19-25(34)27(38-26)31(36-2,37-3)40-30(22-13-7-4-8-14-22,23-15-9-5-10-16-23)24-17-11-6-12-18-24/h4-18,20,25-27,34H,19H2,1-3H3,(H,32,35,39)/t25-,26+,27-/m0/s1. The SMILES string of the molecule is COC(OC)(SC(c1ccccc1)(c1ccccc1)c1ccccc1)[C@H]1O[C@@H](n2cc(C)c(=S)[nH]c2=O)C[C@@H]1O. The monoisotopic (exact) mass is 576 g/mol. The van der Waals surface area contributed by atoms with E-state index in [4.69, 9.17) is 26.4 Å². The van der Waals surface area contributed by atoms with Gasteiger partial charge in [0.1, 0.15) is 10.9 Å². The summed E-state index contributed by atoms with van der Waals surface area (Å²) >= 11 is 6.63. The summed E-state index contributed by atoms with van der Waals surface area (Å²) in [5.74, 6) is 0. The fraction of sp³-hybridized carbons (Fsp3) is 0.290. The molecule has 2 N–H and O–H groups in total. The molecule has 0 aliphatic carbocycles. The topological polar surface area (TPSA) is 85.7 Å². The molecule has 0 saturated carbocycles. The van der Waals surface area contributed by atoms with Gasteiger partial charge in [0.15, 0.2) is 6.10 Å². The molecule has 0 amide bonds. The first-order valence-corrected chi connectivity index (χ1v) is 14.2. The maximum Gasteiger partial charge on any atom is 0.328 e. The smallest absolute Gasteiger partial charge is 0.328 e. The van der Waals surface area contributed by atoms with Gasteiger partial charge in [-0.2, -0.15) is 0 Å². The van der Waals surface area contributed by atoms with Crippen molar-refractivity contribution in [2.24, 2.45) is 0 Å². The Labute approximate surface area is 242 Å². The molecule has 2 heterocycles. The van der Waals surface area contributed by atoms with Gasteiger partial charge in [0.05, 0.1) is 10.9 Å². The first-order chi connectivity index (χ1) is 19.3. The molecule has 4 aromatic rings. The van der Waals surface area contributed by atoms with Crippen molar-refractivity contribution in [2.45, 2.75) is 41.6 Å². The van der Waals surface area contributed by atoms with Gasteiger partial charge in [0, 0.05) is 32.4 Å². The van der Waals surface area contributed by atoms with Gasteiger partial charge in [-0.3, -0.25) is 9.55 Å². The number of aromatic amines is 1. The highest BCUT2D eigenvalue weighted by atomic mass is 32.2. The maximum absolute atomic E-state index is 12.8. The summed E-state index contributed by atoms with van der Waals surface area (Å²) < 4.78 is 19.7. The number of ether oxygens (including phenoxy) is 3. The van der Waals surface area contributed by atoms with Crippen molar-refractivity contribution in [3.05, 3.63) is 135 Å². The summed E-state index contributed by atoms with van der Waals surface area (Å²) in [5, 5.41) is 9.92. The normalized spacial score (nSPS) is 19.6. The second kappa shape index (κ2) is 11.8. The van der Waals surface area contributed by atoms with E-state index in [-0.39, 0.29) is 6.42 Å². The number of methoxy groups -OCH3 is 2. The van der Waals surface area contributed by atoms with E-state index in [1.807, 2.05) is 61.5 Å². The van der Waals surface area contributed by atoms with Crippen LogP contribution in [-0.4, -0.2) is 46.2 Å². The quantitative estimate of drug-likeness (QED) is 0.154. The molecule has 3 aromatic carbocycles. The van der Waals surface area contributed by atoms with Crippen LogP contribution in [0.5, 0.6) is 0 Å². The lowest BCUT2D eigenvalue weighted by atomic mass is 9.84. The summed E-state index contributed by atoms with van der Waals surface area (Å²) in [4.78, 5) is 15.5. The van der Waals surface area contributed by atoms with E-state index in [0.717, 1.165) is 22.3 Å². The Morgan fingerprint density at radius 3 is 1.85 bits per heavy atom. The minimum Gasteiger partial charge on any atom is -0.390 e. The maximum atomic E-state index is 12.8. The van der Waals surface area contributed by atoms with Gasteiger partial charge in [-0.25, -0.2) is 4.79 Å². The van der Waals surface area contributed by atoms with Crippen molar-refractivity contribution in [2.75, 3.05) is 14.2 Å². The van der Waals surface area contributed by atoms with Crippen molar-refractivity contribution < 1.29 is 19.3 Å². The lowest BCUT2D eigenvalue weighted by Gasteiger charge is -2.45. The molecule has 1 aliphatic heterocycles. The fourth-order valence-corrected chi connectivity index (χ4v) is 7.13. The highest BCUT2D eigenvalue weighted by Gasteiger charge is 2.56. The predicted octanol–water partition coefficient (Wildman–Crippen LogP) is 5.53. The van der Waals surface area contributed by atoms with E-state index in [1.165, 1.54) is 16.3 Å². The van der Waals surface area contributed by atoms with Crippen LogP contribution in [0.25, 0.3) is 0 Å². The van der Waals surface area contributed by atoms with Crippen molar-refractivity contribution in [3.8, 4) is 0 Å². The third-order valence-corrected chi connectivity index (χ3v) is 9.59. The molecule has 9 heteroatoms. The van der Waals surface area contributed by atoms with Gasteiger partial charge in [-0.05, 0) is 23.6 Å². The molecule has 3 atom stereocenters. The van der Waals surface area contributed by atoms with Crippen LogP contribution in [0.1, 0.15) is 34.9 Å². The lowest BCUT2D eigenvalue weighted by Crippen LogP contribution is -2.51. The van der Waals surface area contributed by atoms with Crippen LogP contribution >= 0.6 is 24.0 Å². The highest BCUT2D eigenvalue weighted by molar-refractivity contribution is 8.01. The number of thioether (sulfide) groups is 1. The van der Waals surface area contributed by atoms with Gasteiger partial charge < -0.3 is 19.3 Å². The molecular weight excluding hydrogens is 544 g/mol. The predicted molar refractivity (Wildman–Crippen MR) is 159 cm³/mol. The summed E-state index contributed by atoms with van der Waals surface area (Å²) in [6.45, 7) is 1.82. The first-order valence-electron chi connectivity index (χ1n) is 13.0. The summed E-state index contributed by atoms with van der Waals surface area (Å²) in [6, 6.07) is 30.4. The molecule has 1 aromatic heterocycles. The van der Waals surface area contributed by atoms with Crippen molar-refractivity contribution in [1.82, 2.24) is 9.55 Å². The second-order valence-electron chi connectivity index (χ2n) is 9.69. The molecule has 0 radical (unpaired) electrons. The molecule has 0 spiro atoms. The highest BCUT2D eigenvalue weighted by Crippen LogP contribution is 2.56. The Kier molecular flexibility index (Phi) is 8.42. The fourth-order valence-electron chi connectivity index (χ4n) is 5.31. The Morgan fingerprint density at radius 2 is 1.40 bits per heavy atom. The Bertz CT molecular complexity index is 1440. The van der Waals surface area contributed by atoms with Gasteiger partial charge in [0.2, 0.25) is 5.12 Å². The van der Waals surface area contributed by atoms with E-state index in [9.17, 15) is 9.90 Å². The number of hydrogen-bond acceptors (Lipinski definition) is 7. The van der Waals surface area contributed by atoms with Crippen molar-refractivity contribution in [1.29, 1.82) is 0 Å². The number of hydrogen-bond donors (Lipinski definition) is 2. The summed E-state index contributed by atoms with van der Waals surface area (Å²) in [6.07, 6.45) is -0.866. The second-order valence-corrected chi connectivity index (χ2v) is 11.5. The van der Waals surface area contributed by atoms with Crippen LogP contribution in [0.4, 0.5) is 0 Å². The largest absolute Gasteiger partial charge is 0.390 e. The molecule has 0 unspecified atom stereocenters. The zero-order valence-corrected chi connectivity index (χ0v) is 24.2. The van der Waals surface area contributed by atoms with E-state index < -0.39 is 34.0 Å². The molecule has 40 heavy (non-hydrogen) atoms. The number of aliphatic hydroxyl groups excluding tert-OH is 1. The number of nitrogens with zero attached hydrogens (tertiary/aromatic N) is 1. The van der Waals surface area contributed by atoms with Crippen molar-refractivity contribution in [3.63, 3.8) is 0 Å². The van der Waals surface area contributed by atoms with Gasteiger partial charge in [0.25, 0.3) is 0 Å². The number of rotatable bonds is 9. The number of aryl methyl sites for hydroxylation is 1. The molecular formula is C31H32N2O5S2. The van der Waals surface area contributed by atoms with E-state index in [0.29, 0.717) is 4.64 Å². The molecule has 1 saturated heterocycles.